The minimum Gasteiger partial charge on any atom is -0.285 e. The van der Waals surface area contributed by atoms with Gasteiger partial charge in [0.15, 0.2) is 0 Å². The van der Waals surface area contributed by atoms with E-state index in [-0.39, 0.29) is 5.91 Å². The zero-order valence-corrected chi connectivity index (χ0v) is 9.96. The number of hydrazine groups is 1. The van der Waals surface area contributed by atoms with Gasteiger partial charge in [-0.25, -0.2) is 0 Å². The lowest BCUT2D eigenvalue weighted by molar-refractivity contribution is -0.117. The van der Waals surface area contributed by atoms with Crippen molar-refractivity contribution >= 4 is 17.9 Å². The van der Waals surface area contributed by atoms with Crippen molar-refractivity contribution in [3.8, 4) is 0 Å². The molecule has 0 aliphatic heterocycles. The maximum Gasteiger partial charge on any atom is 0.269 e. The second-order valence-electron chi connectivity index (χ2n) is 3.67. The Bertz CT molecular complexity index is 576. The number of benzene rings is 1. The van der Waals surface area contributed by atoms with E-state index in [2.05, 4.69) is 21.0 Å². The van der Waals surface area contributed by atoms with Crippen LogP contribution in [0.1, 0.15) is 15.9 Å². The molecule has 0 fully saturated rings. The molecule has 2 aromatic rings. The number of amides is 2. The molecule has 2 rings (SSSR count). The standard InChI is InChI=1S/C13H12N4O2/c18-12(7-6-10-8-14-15-9-10)16-17-13(19)11-4-2-1-3-5-11/h1-9H,(H,14,15)(H,16,18)(H,17,19). The monoisotopic (exact) mass is 256 g/mol. The molecule has 2 amide bonds. The lowest BCUT2D eigenvalue weighted by atomic mass is 10.2. The van der Waals surface area contributed by atoms with E-state index in [9.17, 15) is 9.59 Å². The normalized spacial score (nSPS) is 10.3. The summed E-state index contributed by atoms with van der Waals surface area (Å²) in [4.78, 5) is 23.0. The van der Waals surface area contributed by atoms with E-state index in [0.717, 1.165) is 5.56 Å². The fraction of sp³-hybridized carbons (Fsp3) is 0. The Kier molecular flexibility index (Phi) is 4.07. The Morgan fingerprint density at radius 2 is 1.95 bits per heavy atom. The highest BCUT2D eigenvalue weighted by Gasteiger charge is 2.04. The molecular formula is C13H12N4O2. The molecule has 19 heavy (non-hydrogen) atoms. The second-order valence-corrected chi connectivity index (χ2v) is 3.67. The van der Waals surface area contributed by atoms with Crippen LogP contribution in [-0.4, -0.2) is 22.0 Å². The summed E-state index contributed by atoms with van der Waals surface area (Å²) in [5, 5.41) is 6.36. The fourth-order valence-electron chi connectivity index (χ4n) is 1.35. The second kappa shape index (κ2) is 6.15. The molecule has 0 saturated heterocycles. The summed E-state index contributed by atoms with van der Waals surface area (Å²) in [6.07, 6.45) is 6.10. The van der Waals surface area contributed by atoms with Crippen LogP contribution in [0.4, 0.5) is 0 Å². The van der Waals surface area contributed by atoms with Gasteiger partial charge < -0.3 is 0 Å². The maximum atomic E-state index is 11.6. The van der Waals surface area contributed by atoms with E-state index < -0.39 is 5.91 Å². The Balaban J connectivity index is 1.82. The van der Waals surface area contributed by atoms with Crippen molar-refractivity contribution in [2.45, 2.75) is 0 Å². The molecule has 1 heterocycles. The van der Waals surface area contributed by atoms with Gasteiger partial charge >= 0.3 is 0 Å². The lowest BCUT2D eigenvalue weighted by Crippen LogP contribution is -2.40. The molecule has 96 valence electrons. The Labute approximate surface area is 109 Å². The van der Waals surface area contributed by atoms with Crippen molar-refractivity contribution in [1.82, 2.24) is 21.0 Å². The predicted molar refractivity (Wildman–Crippen MR) is 69.7 cm³/mol. The average molecular weight is 256 g/mol. The zero-order valence-electron chi connectivity index (χ0n) is 9.96. The molecule has 0 saturated carbocycles. The molecule has 6 heteroatoms. The summed E-state index contributed by atoms with van der Waals surface area (Å²) in [6.45, 7) is 0. The highest BCUT2D eigenvalue weighted by atomic mass is 16.2. The van der Waals surface area contributed by atoms with Crippen molar-refractivity contribution in [1.29, 1.82) is 0 Å². The molecule has 0 aliphatic rings. The molecule has 0 bridgehead atoms. The first kappa shape index (κ1) is 12.6. The first-order valence-electron chi connectivity index (χ1n) is 5.58. The molecule has 1 aromatic heterocycles. The van der Waals surface area contributed by atoms with Crippen LogP contribution in [0.5, 0.6) is 0 Å². The van der Waals surface area contributed by atoms with E-state index in [0.29, 0.717) is 5.56 Å². The summed E-state index contributed by atoms with van der Waals surface area (Å²) in [5.41, 5.74) is 5.84. The highest BCUT2D eigenvalue weighted by Crippen LogP contribution is 1.97. The van der Waals surface area contributed by atoms with E-state index in [4.69, 9.17) is 0 Å². The molecule has 0 unspecified atom stereocenters. The number of nitrogens with one attached hydrogen (secondary N) is 3. The smallest absolute Gasteiger partial charge is 0.269 e. The van der Waals surface area contributed by atoms with Crippen molar-refractivity contribution in [2.75, 3.05) is 0 Å². The van der Waals surface area contributed by atoms with Gasteiger partial charge in [0.05, 0.1) is 6.20 Å². The van der Waals surface area contributed by atoms with E-state index >= 15 is 0 Å². The van der Waals surface area contributed by atoms with Gasteiger partial charge in [0.1, 0.15) is 0 Å². The van der Waals surface area contributed by atoms with Gasteiger partial charge in [-0.1, -0.05) is 18.2 Å². The van der Waals surface area contributed by atoms with Crippen LogP contribution in [-0.2, 0) is 4.79 Å². The number of rotatable bonds is 3. The van der Waals surface area contributed by atoms with Crippen LogP contribution in [0, 0.1) is 0 Å². The predicted octanol–water partition coefficient (Wildman–Crippen LogP) is 0.884. The van der Waals surface area contributed by atoms with Crippen LogP contribution in [0.15, 0.2) is 48.8 Å². The minimum atomic E-state index is -0.425. The molecule has 1 aromatic carbocycles. The van der Waals surface area contributed by atoms with Crippen LogP contribution in [0.2, 0.25) is 0 Å². The molecule has 0 spiro atoms. The summed E-state index contributed by atoms with van der Waals surface area (Å²) in [6, 6.07) is 8.61. The van der Waals surface area contributed by atoms with Gasteiger partial charge in [0, 0.05) is 23.4 Å². The number of aromatic nitrogens is 2. The van der Waals surface area contributed by atoms with Crippen LogP contribution in [0.25, 0.3) is 6.08 Å². The van der Waals surface area contributed by atoms with Crippen LogP contribution >= 0.6 is 0 Å². The lowest BCUT2D eigenvalue weighted by Gasteiger charge is -2.04. The third-order valence-corrected chi connectivity index (χ3v) is 2.28. The summed E-state index contributed by atoms with van der Waals surface area (Å²) < 4.78 is 0. The summed E-state index contributed by atoms with van der Waals surface area (Å²) >= 11 is 0. The van der Waals surface area contributed by atoms with E-state index in [1.165, 1.54) is 6.08 Å². The maximum absolute atomic E-state index is 11.6. The third kappa shape index (κ3) is 3.81. The number of hydrogen-bond donors (Lipinski definition) is 3. The number of H-pyrrole nitrogens is 1. The van der Waals surface area contributed by atoms with Gasteiger partial charge in [-0.3, -0.25) is 25.5 Å². The van der Waals surface area contributed by atoms with Crippen molar-refractivity contribution in [2.24, 2.45) is 0 Å². The fourth-order valence-corrected chi connectivity index (χ4v) is 1.35. The third-order valence-electron chi connectivity index (χ3n) is 2.28. The Morgan fingerprint density at radius 3 is 2.63 bits per heavy atom. The largest absolute Gasteiger partial charge is 0.285 e. The quantitative estimate of drug-likeness (QED) is 0.563. The first-order valence-corrected chi connectivity index (χ1v) is 5.58. The number of hydrogen-bond acceptors (Lipinski definition) is 3. The number of nitrogens with zero attached hydrogens (tertiary/aromatic N) is 1. The average Bonchev–Trinajstić information content (AvgIpc) is 2.96. The van der Waals surface area contributed by atoms with Crippen LogP contribution < -0.4 is 10.9 Å². The summed E-state index contributed by atoms with van der Waals surface area (Å²) in [5.74, 6) is -0.795. The molecule has 0 atom stereocenters. The first-order chi connectivity index (χ1) is 9.25. The molecule has 6 nitrogen and oxygen atoms in total. The Morgan fingerprint density at radius 1 is 1.16 bits per heavy atom. The molecule has 0 aliphatic carbocycles. The van der Waals surface area contributed by atoms with E-state index in [1.807, 2.05) is 6.07 Å². The summed E-state index contributed by atoms with van der Waals surface area (Å²) in [7, 11) is 0. The topological polar surface area (TPSA) is 86.9 Å². The van der Waals surface area contributed by atoms with Gasteiger partial charge in [0.2, 0.25) is 0 Å². The molecular weight excluding hydrogens is 244 g/mol. The number of carbonyl (C=O) groups is 2. The highest BCUT2D eigenvalue weighted by molar-refractivity contribution is 5.97. The molecule has 3 N–H and O–H groups in total. The van der Waals surface area contributed by atoms with Gasteiger partial charge in [-0.2, -0.15) is 5.10 Å². The Hall–Kier alpha value is -2.89. The SMILES string of the molecule is O=C(C=Cc1cn[nH]c1)NNC(=O)c1ccccc1. The van der Waals surface area contributed by atoms with Crippen LogP contribution in [0.3, 0.4) is 0 Å². The number of carbonyl (C=O) groups excluding carboxylic acids is 2. The van der Waals surface area contributed by atoms with Gasteiger partial charge in [-0.15, -0.1) is 0 Å². The van der Waals surface area contributed by atoms with Gasteiger partial charge in [0.25, 0.3) is 11.8 Å². The van der Waals surface area contributed by atoms with Gasteiger partial charge in [-0.05, 0) is 18.2 Å². The minimum absolute atomic E-state index is 0.370. The molecule has 0 radical (unpaired) electrons. The number of aromatic amines is 1. The van der Waals surface area contributed by atoms with Crippen molar-refractivity contribution in [3.05, 3.63) is 59.9 Å². The van der Waals surface area contributed by atoms with E-state index in [1.54, 1.807) is 42.7 Å². The zero-order chi connectivity index (χ0) is 13.5. The van der Waals surface area contributed by atoms with Crippen molar-refractivity contribution < 1.29 is 9.59 Å². The van der Waals surface area contributed by atoms with Crippen molar-refractivity contribution in [3.63, 3.8) is 0 Å².